The number of nitrogens with zero attached hydrogens (tertiary/aromatic N) is 3. The SMILES string of the molecule is COCc1nnc(NC(=O)[C@H]2CC(=O)N(c3cc(C)ccc3OC)C2)s1. The topological polar surface area (TPSA) is 93.7 Å². The molecule has 1 N–H and O–H groups in total. The number of hydrogen-bond donors (Lipinski definition) is 1. The number of nitrogens with one attached hydrogen (secondary N) is 1. The van der Waals surface area contributed by atoms with E-state index >= 15 is 0 Å². The van der Waals surface area contributed by atoms with Gasteiger partial charge in [-0.15, -0.1) is 10.2 Å². The van der Waals surface area contributed by atoms with Gasteiger partial charge in [0.05, 0.1) is 18.7 Å². The summed E-state index contributed by atoms with van der Waals surface area (Å²) in [5.74, 6) is -0.195. The molecule has 8 nitrogen and oxygen atoms in total. The van der Waals surface area contributed by atoms with Gasteiger partial charge >= 0.3 is 0 Å². The van der Waals surface area contributed by atoms with E-state index in [0.717, 1.165) is 5.56 Å². The minimum atomic E-state index is -0.456. The molecule has 1 aromatic heterocycles. The number of methoxy groups -OCH3 is 2. The van der Waals surface area contributed by atoms with E-state index in [1.54, 1.807) is 19.1 Å². The Balaban J connectivity index is 1.71. The molecule has 138 valence electrons. The van der Waals surface area contributed by atoms with Crippen LogP contribution in [0.2, 0.25) is 0 Å². The molecule has 1 aliphatic heterocycles. The highest BCUT2D eigenvalue weighted by Gasteiger charge is 2.36. The molecule has 1 aliphatic rings. The smallest absolute Gasteiger partial charge is 0.231 e. The second-order valence-corrected chi connectivity index (χ2v) is 7.07. The maximum absolute atomic E-state index is 12.5. The Bertz CT molecular complexity index is 823. The lowest BCUT2D eigenvalue weighted by molar-refractivity contribution is -0.122. The minimum Gasteiger partial charge on any atom is -0.495 e. The van der Waals surface area contributed by atoms with Crippen molar-refractivity contribution in [3.8, 4) is 5.75 Å². The molecule has 2 heterocycles. The van der Waals surface area contributed by atoms with Crippen molar-refractivity contribution in [3.05, 3.63) is 28.8 Å². The Labute approximate surface area is 155 Å². The van der Waals surface area contributed by atoms with Crippen LogP contribution >= 0.6 is 11.3 Å². The lowest BCUT2D eigenvalue weighted by Crippen LogP contribution is -2.28. The van der Waals surface area contributed by atoms with Gasteiger partial charge in [-0.1, -0.05) is 17.4 Å². The summed E-state index contributed by atoms with van der Waals surface area (Å²) in [6.07, 6.45) is 0.145. The summed E-state index contributed by atoms with van der Waals surface area (Å²) in [5, 5.41) is 11.7. The largest absolute Gasteiger partial charge is 0.495 e. The van der Waals surface area contributed by atoms with E-state index in [1.165, 1.54) is 11.3 Å². The average molecular weight is 376 g/mol. The van der Waals surface area contributed by atoms with Crippen molar-refractivity contribution in [1.82, 2.24) is 10.2 Å². The zero-order chi connectivity index (χ0) is 18.7. The zero-order valence-corrected chi connectivity index (χ0v) is 15.6. The first-order valence-electron chi connectivity index (χ1n) is 8.09. The van der Waals surface area contributed by atoms with Gasteiger partial charge < -0.3 is 19.7 Å². The van der Waals surface area contributed by atoms with Crippen molar-refractivity contribution in [3.63, 3.8) is 0 Å². The van der Waals surface area contributed by atoms with Crippen LogP contribution in [0.15, 0.2) is 18.2 Å². The monoisotopic (exact) mass is 376 g/mol. The van der Waals surface area contributed by atoms with Crippen molar-refractivity contribution in [2.45, 2.75) is 20.0 Å². The predicted molar refractivity (Wildman–Crippen MR) is 97.4 cm³/mol. The molecule has 9 heteroatoms. The first-order valence-corrected chi connectivity index (χ1v) is 8.90. The van der Waals surface area contributed by atoms with E-state index in [9.17, 15) is 9.59 Å². The van der Waals surface area contributed by atoms with E-state index in [-0.39, 0.29) is 18.2 Å². The van der Waals surface area contributed by atoms with Crippen LogP contribution in [0.5, 0.6) is 5.75 Å². The van der Waals surface area contributed by atoms with Crippen LogP contribution in [0.1, 0.15) is 17.0 Å². The Morgan fingerprint density at radius 2 is 2.19 bits per heavy atom. The van der Waals surface area contributed by atoms with Gasteiger partial charge in [0.2, 0.25) is 16.9 Å². The number of carbonyl (C=O) groups is 2. The second-order valence-electron chi connectivity index (χ2n) is 6.00. The Kier molecular flexibility index (Phi) is 5.48. The lowest BCUT2D eigenvalue weighted by atomic mass is 10.1. The second kappa shape index (κ2) is 7.79. The van der Waals surface area contributed by atoms with Crippen molar-refractivity contribution < 1.29 is 19.1 Å². The van der Waals surface area contributed by atoms with Crippen molar-refractivity contribution in [2.75, 3.05) is 31.0 Å². The van der Waals surface area contributed by atoms with E-state index in [4.69, 9.17) is 9.47 Å². The molecule has 0 spiro atoms. The standard InChI is InChI=1S/C17H20N4O4S/c1-10-4-5-13(25-3)12(6-10)21-8-11(7-15(21)22)16(23)18-17-20-19-14(26-17)9-24-2/h4-6,11H,7-9H2,1-3H3,(H,18,20,23)/t11-/m0/s1. The molecular formula is C17H20N4O4S. The number of anilines is 2. The number of amides is 2. The molecule has 0 saturated carbocycles. The molecule has 1 aromatic carbocycles. The summed E-state index contributed by atoms with van der Waals surface area (Å²) in [6.45, 7) is 2.59. The highest BCUT2D eigenvalue weighted by Crippen LogP contribution is 2.34. The Morgan fingerprint density at radius 3 is 2.92 bits per heavy atom. The quantitative estimate of drug-likeness (QED) is 0.829. The molecule has 1 atom stereocenters. The van der Waals surface area contributed by atoms with E-state index in [2.05, 4.69) is 15.5 Å². The first-order chi connectivity index (χ1) is 12.5. The van der Waals surface area contributed by atoms with E-state index in [1.807, 2.05) is 25.1 Å². The Morgan fingerprint density at radius 1 is 1.38 bits per heavy atom. The van der Waals surface area contributed by atoms with Crippen LogP contribution < -0.4 is 15.0 Å². The molecule has 1 saturated heterocycles. The molecule has 3 rings (SSSR count). The fourth-order valence-corrected chi connectivity index (χ4v) is 3.54. The average Bonchev–Trinajstić information content (AvgIpc) is 3.21. The number of hydrogen-bond acceptors (Lipinski definition) is 7. The van der Waals surface area contributed by atoms with E-state index in [0.29, 0.717) is 34.7 Å². The number of carbonyl (C=O) groups excluding carboxylic acids is 2. The maximum Gasteiger partial charge on any atom is 0.231 e. The normalized spacial score (nSPS) is 16.8. The number of aryl methyl sites for hydroxylation is 1. The molecule has 2 aromatic rings. The van der Waals surface area contributed by atoms with Crippen LogP contribution in [0, 0.1) is 12.8 Å². The highest BCUT2D eigenvalue weighted by molar-refractivity contribution is 7.15. The van der Waals surface area contributed by atoms with Gasteiger partial charge in [0, 0.05) is 20.1 Å². The number of aromatic nitrogens is 2. The summed E-state index contributed by atoms with van der Waals surface area (Å²) in [5.41, 5.74) is 1.70. The van der Waals surface area contributed by atoms with Crippen LogP contribution in [0.25, 0.3) is 0 Å². The Hall–Kier alpha value is -2.52. The summed E-state index contributed by atoms with van der Waals surface area (Å²) in [6, 6.07) is 5.63. The molecule has 26 heavy (non-hydrogen) atoms. The third kappa shape index (κ3) is 3.83. The fourth-order valence-electron chi connectivity index (χ4n) is 2.82. The predicted octanol–water partition coefficient (Wildman–Crippen LogP) is 1.99. The molecule has 0 aliphatic carbocycles. The first kappa shape index (κ1) is 18.3. The van der Waals surface area contributed by atoms with Crippen LogP contribution in [0.4, 0.5) is 10.8 Å². The van der Waals surface area contributed by atoms with Gasteiger partial charge in [-0.2, -0.15) is 0 Å². The van der Waals surface area contributed by atoms with Crippen molar-refractivity contribution >= 4 is 34.0 Å². The fraction of sp³-hybridized carbons (Fsp3) is 0.412. The summed E-state index contributed by atoms with van der Waals surface area (Å²) in [4.78, 5) is 26.6. The van der Waals surface area contributed by atoms with Crippen molar-refractivity contribution in [2.24, 2.45) is 5.92 Å². The summed E-state index contributed by atoms with van der Waals surface area (Å²) >= 11 is 1.25. The van der Waals surface area contributed by atoms with Gasteiger partial charge in [0.25, 0.3) is 0 Å². The molecule has 0 radical (unpaired) electrons. The van der Waals surface area contributed by atoms with Crippen molar-refractivity contribution in [1.29, 1.82) is 0 Å². The van der Waals surface area contributed by atoms with Gasteiger partial charge in [0.15, 0.2) is 0 Å². The molecular weight excluding hydrogens is 356 g/mol. The van der Waals surface area contributed by atoms with E-state index < -0.39 is 5.92 Å². The summed E-state index contributed by atoms with van der Waals surface area (Å²) < 4.78 is 10.3. The van der Waals surface area contributed by atoms with Gasteiger partial charge in [-0.25, -0.2) is 0 Å². The zero-order valence-electron chi connectivity index (χ0n) is 14.8. The minimum absolute atomic E-state index is 0.105. The summed E-state index contributed by atoms with van der Waals surface area (Å²) in [7, 11) is 3.13. The third-order valence-electron chi connectivity index (χ3n) is 4.09. The van der Waals surface area contributed by atoms with Gasteiger partial charge in [-0.3, -0.25) is 9.59 Å². The highest BCUT2D eigenvalue weighted by atomic mass is 32.1. The lowest BCUT2D eigenvalue weighted by Gasteiger charge is -2.20. The number of benzene rings is 1. The molecule has 1 fully saturated rings. The molecule has 0 bridgehead atoms. The van der Waals surface area contributed by atoms with Crippen LogP contribution in [0.3, 0.4) is 0 Å². The maximum atomic E-state index is 12.5. The molecule has 0 unspecified atom stereocenters. The van der Waals surface area contributed by atoms with Crippen LogP contribution in [-0.4, -0.2) is 42.8 Å². The van der Waals surface area contributed by atoms with Gasteiger partial charge in [0.1, 0.15) is 17.4 Å². The number of rotatable bonds is 6. The third-order valence-corrected chi connectivity index (χ3v) is 4.90. The number of ether oxygens (including phenoxy) is 2. The van der Waals surface area contributed by atoms with Gasteiger partial charge in [-0.05, 0) is 24.6 Å². The van der Waals surface area contributed by atoms with Crippen LogP contribution in [-0.2, 0) is 20.9 Å². The molecule has 2 amide bonds.